The Morgan fingerprint density at radius 2 is 1.88 bits per heavy atom. The van der Waals surface area contributed by atoms with Gasteiger partial charge >= 0.3 is 0 Å². The predicted molar refractivity (Wildman–Crippen MR) is 104 cm³/mol. The number of unbranched alkanes of at least 4 members (excludes halogenated alkanes) is 2. The summed E-state index contributed by atoms with van der Waals surface area (Å²) >= 11 is 0. The molecule has 140 valence electrons. The number of aromatic nitrogens is 2. The third-order valence-corrected chi connectivity index (χ3v) is 4.73. The second-order valence-corrected chi connectivity index (χ2v) is 6.52. The number of anilines is 2. The number of nitrogens with one attached hydrogen (secondary N) is 1. The fraction of sp³-hybridized carbons (Fsp3) is 0.500. The normalized spacial score (nSPS) is 13.3. The van der Waals surface area contributed by atoms with Gasteiger partial charge in [0.2, 0.25) is 5.95 Å². The van der Waals surface area contributed by atoms with Gasteiger partial charge in [-0.2, -0.15) is 4.98 Å². The van der Waals surface area contributed by atoms with Crippen LogP contribution < -0.4 is 19.7 Å². The van der Waals surface area contributed by atoms with Crippen molar-refractivity contribution in [3.05, 3.63) is 35.5 Å². The largest absolute Gasteiger partial charge is 0.493 e. The van der Waals surface area contributed by atoms with Crippen LogP contribution in [-0.4, -0.2) is 37.3 Å². The van der Waals surface area contributed by atoms with E-state index in [1.54, 1.807) is 14.2 Å². The number of rotatable bonds is 8. The van der Waals surface area contributed by atoms with Crippen molar-refractivity contribution in [1.29, 1.82) is 0 Å². The van der Waals surface area contributed by atoms with E-state index in [1.807, 2.05) is 12.3 Å². The van der Waals surface area contributed by atoms with E-state index >= 15 is 0 Å². The van der Waals surface area contributed by atoms with E-state index in [9.17, 15) is 0 Å². The van der Waals surface area contributed by atoms with Crippen LogP contribution in [0.2, 0.25) is 0 Å². The van der Waals surface area contributed by atoms with Crippen molar-refractivity contribution in [2.45, 2.75) is 39.2 Å². The van der Waals surface area contributed by atoms with Gasteiger partial charge in [0.15, 0.2) is 11.5 Å². The van der Waals surface area contributed by atoms with Crippen LogP contribution in [0.4, 0.5) is 11.8 Å². The molecular formula is C20H28N4O2. The van der Waals surface area contributed by atoms with Gasteiger partial charge in [-0.3, -0.25) is 0 Å². The minimum atomic E-state index is 0.764. The molecular weight excluding hydrogens is 328 g/mol. The molecule has 1 aromatic carbocycles. The third kappa shape index (κ3) is 4.18. The summed E-state index contributed by atoms with van der Waals surface area (Å²) in [5.41, 5.74) is 2.53. The Morgan fingerprint density at radius 3 is 2.62 bits per heavy atom. The van der Waals surface area contributed by atoms with Gasteiger partial charge < -0.3 is 19.7 Å². The molecule has 1 N–H and O–H groups in total. The molecule has 1 aromatic heterocycles. The van der Waals surface area contributed by atoms with Crippen LogP contribution in [0.25, 0.3) is 0 Å². The SMILES string of the molecule is CCCCCNc1ccnc(N2CCc3cc(OC)c(OC)cc3C2)n1. The van der Waals surface area contributed by atoms with Gasteiger partial charge in [-0.05, 0) is 42.2 Å². The molecule has 0 saturated heterocycles. The van der Waals surface area contributed by atoms with Crippen LogP contribution in [0.5, 0.6) is 11.5 Å². The highest BCUT2D eigenvalue weighted by Crippen LogP contribution is 2.33. The van der Waals surface area contributed by atoms with Gasteiger partial charge in [0, 0.05) is 25.8 Å². The van der Waals surface area contributed by atoms with E-state index in [1.165, 1.54) is 24.0 Å². The number of methoxy groups -OCH3 is 2. The molecule has 1 aliphatic rings. The molecule has 0 aliphatic carbocycles. The summed E-state index contributed by atoms with van der Waals surface area (Å²) in [5.74, 6) is 3.21. The smallest absolute Gasteiger partial charge is 0.227 e. The number of hydrogen-bond donors (Lipinski definition) is 1. The zero-order valence-electron chi connectivity index (χ0n) is 15.9. The Kier molecular flexibility index (Phi) is 6.15. The summed E-state index contributed by atoms with van der Waals surface area (Å²) in [5, 5.41) is 3.40. The minimum Gasteiger partial charge on any atom is -0.493 e. The van der Waals surface area contributed by atoms with Crippen molar-refractivity contribution >= 4 is 11.8 Å². The molecule has 2 heterocycles. The van der Waals surface area contributed by atoms with Crippen molar-refractivity contribution in [3.63, 3.8) is 0 Å². The van der Waals surface area contributed by atoms with E-state index in [0.29, 0.717) is 0 Å². The van der Waals surface area contributed by atoms with Crippen molar-refractivity contribution in [2.75, 3.05) is 37.5 Å². The molecule has 0 atom stereocenters. The molecule has 0 spiro atoms. The Morgan fingerprint density at radius 1 is 1.12 bits per heavy atom. The van der Waals surface area contributed by atoms with Gasteiger partial charge in [0.1, 0.15) is 5.82 Å². The first kappa shape index (κ1) is 18.3. The molecule has 6 nitrogen and oxygen atoms in total. The maximum atomic E-state index is 5.44. The Hall–Kier alpha value is -2.50. The average Bonchev–Trinajstić information content (AvgIpc) is 2.70. The zero-order valence-corrected chi connectivity index (χ0v) is 15.9. The lowest BCUT2D eigenvalue weighted by Gasteiger charge is -2.29. The van der Waals surface area contributed by atoms with Crippen molar-refractivity contribution in [1.82, 2.24) is 9.97 Å². The van der Waals surface area contributed by atoms with E-state index in [-0.39, 0.29) is 0 Å². The lowest BCUT2D eigenvalue weighted by Crippen LogP contribution is -2.32. The molecule has 0 radical (unpaired) electrons. The summed E-state index contributed by atoms with van der Waals surface area (Å²) in [6.07, 6.45) is 6.38. The van der Waals surface area contributed by atoms with Crippen LogP contribution in [0.3, 0.4) is 0 Å². The second-order valence-electron chi connectivity index (χ2n) is 6.52. The molecule has 0 amide bonds. The van der Waals surface area contributed by atoms with Crippen LogP contribution in [0.15, 0.2) is 24.4 Å². The Labute approximate surface area is 155 Å². The molecule has 3 rings (SSSR count). The predicted octanol–water partition coefficient (Wildman–Crippen LogP) is 3.66. The molecule has 0 saturated carbocycles. The second kappa shape index (κ2) is 8.74. The summed E-state index contributed by atoms with van der Waals surface area (Å²) in [4.78, 5) is 11.4. The van der Waals surface area contributed by atoms with Gasteiger partial charge in [-0.25, -0.2) is 4.98 Å². The van der Waals surface area contributed by atoms with Crippen LogP contribution in [0.1, 0.15) is 37.3 Å². The van der Waals surface area contributed by atoms with Gasteiger partial charge in [0.25, 0.3) is 0 Å². The molecule has 0 bridgehead atoms. The summed E-state index contributed by atoms with van der Waals surface area (Å²) < 4.78 is 10.9. The highest BCUT2D eigenvalue weighted by atomic mass is 16.5. The molecule has 0 unspecified atom stereocenters. The zero-order chi connectivity index (χ0) is 18.4. The van der Waals surface area contributed by atoms with E-state index in [2.05, 4.69) is 34.3 Å². The number of fused-ring (bicyclic) bond motifs is 1. The average molecular weight is 356 g/mol. The monoisotopic (exact) mass is 356 g/mol. The maximum Gasteiger partial charge on any atom is 0.227 e. The molecule has 0 fully saturated rings. The number of nitrogens with zero attached hydrogens (tertiary/aromatic N) is 3. The third-order valence-electron chi connectivity index (χ3n) is 4.73. The van der Waals surface area contributed by atoms with Crippen molar-refractivity contribution in [2.24, 2.45) is 0 Å². The van der Waals surface area contributed by atoms with E-state index in [4.69, 9.17) is 14.5 Å². The van der Waals surface area contributed by atoms with E-state index < -0.39 is 0 Å². The van der Waals surface area contributed by atoms with E-state index in [0.717, 1.165) is 55.7 Å². The molecule has 6 heteroatoms. The number of ether oxygens (including phenoxy) is 2. The number of benzene rings is 1. The Balaban J connectivity index is 1.72. The fourth-order valence-electron chi connectivity index (χ4n) is 3.24. The fourth-order valence-corrected chi connectivity index (χ4v) is 3.24. The first-order valence-corrected chi connectivity index (χ1v) is 9.30. The number of hydrogen-bond acceptors (Lipinski definition) is 6. The van der Waals surface area contributed by atoms with Crippen molar-refractivity contribution in [3.8, 4) is 11.5 Å². The molecule has 26 heavy (non-hydrogen) atoms. The van der Waals surface area contributed by atoms with Crippen LogP contribution in [0, 0.1) is 0 Å². The molecule has 1 aliphatic heterocycles. The summed E-state index contributed by atoms with van der Waals surface area (Å²) in [6, 6.07) is 6.08. The van der Waals surface area contributed by atoms with Crippen LogP contribution in [-0.2, 0) is 13.0 Å². The first-order chi connectivity index (χ1) is 12.7. The van der Waals surface area contributed by atoms with Gasteiger partial charge in [-0.1, -0.05) is 19.8 Å². The van der Waals surface area contributed by atoms with Crippen molar-refractivity contribution < 1.29 is 9.47 Å². The van der Waals surface area contributed by atoms with Gasteiger partial charge in [0.05, 0.1) is 14.2 Å². The lowest BCUT2D eigenvalue weighted by atomic mass is 9.99. The highest BCUT2D eigenvalue weighted by molar-refractivity contribution is 5.51. The Bertz CT molecular complexity index is 736. The van der Waals surface area contributed by atoms with Gasteiger partial charge in [-0.15, -0.1) is 0 Å². The summed E-state index contributed by atoms with van der Waals surface area (Å²) in [7, 11) is 3.34. The highest BCUT2D eigenvalue weighted by Gasteiger charge is 2.21. The topological polar surface area (TPSA) is 59.5 Å². The summed E-state index contributed by atoms with van der Waals surface area (Å²) in [6.45, 7) is 4.82. The minimum absolute atomic E-state index is 0.764. The van der Waals surface area contributed by atoms with Crippen LogP contribution >= 0.6 is 0 Å². The maximum absolute atomic E-state index is 5.44. The quantitative estimate of drug-likeness (QED) is 0.729. The lowest BCUT2D eigenvalue weighted by molar-refractivity contribution is 0.353. The standard InChI is InChI=1S/C20H28N4O2/c1-4-5-6-9-21-19-7-10-22-20(23-19)24-11-8-15-12-17(25-2)18(26-3)13-16(15)14-24/h7,10,12-13H,4-6,8-9,11,14H2,1-3H3,(H,21,22,23). The first-order valence-electron chi connectivity index (χ1n) is 9.30. The molecule has 2 aromatic rings.